The zero-order chi connectivity index (χ0) is 26.4. The number of aliphatic hydroxyl groups excluding tert-OH is 1. The highest BCUT2D eigenvalue weighted by Gasteiger charge is 2.19. The van der Waals surface area contributed by atoms with Gasteiger partial charge in [0, 0.05) is 49.4 Å². The first kappa shape index (κ1) is 27.0. The number of nitrogens with one attached hydrogen (secondary N) is 1. The summed E-state index contributed by atoms with van der Waals surface area (Å²) in [6.45, 7) is 2.25. The molecular formula is C28H30ClN3O4S. The van der Waals surface area contributed by atoms with E-state index in [0.717, 1.165) is 20.8 Å². The Kier molecular flexibility index (Phi) is 9.13. The summed E-state index contributed by atoms with van der Waals surface area (Å²) in [5.41, 5.74) is 1.54. The van der Waals surface area contributed by atoms with Crippen molar-refractivity contribution in [1.82, 2.24) is 14.8 Å². The summed E-state index contributed by atoms with van der Waals surface area (Å²) in [7, 11) is 3.55. The molecule has 194 valence electrons. The van der Waals surface area contributed by atoms with E-state index in [1.807, 2.05) is 65.0 Å². The van der Waals surface area contributed by atoms with E-state index >= 15 is 0 Å². The number of ether oxygens (including phenoxy) is 1. The fourth-order valence-electron chi connectivity index (χ4n) is 4.11. The monoisotopic (exact) mass is 539 g/mol. The molecule has 1 atom stereocenters. The molecule has 37 heavy (non-hydrogen) atoms. The molecular weight excluding hydrogens is 510 g/mol. The molecule has 2 heterocycles. The smallest absolute Gasteiger partial charge is 0.257 e. The van der Waals surface area contributed by atoms with Gasteiger partial charge in [-0.25, -0.2) is 0 Å². The summed E-state index contributed by atoms with van der Waals surface area (Å²) in [6, 6.07) is 18.6. The molecule has 9 heteroatoms. The lowest BCUT2D eigenvalue weighted by Gasteiger charge is -2.20. The Balaban J connectivity index is 1.55. The molecule has 0 spiro atoms. The zero-order valence-electron chi connectivity index (χ0n) is 20.8. The van der Waals surface area contributed by atoms with Gasteiger partial charge in [0.1, 0.15) is 10.4 Å². The maximum Gasteiger partial charge on any atom is 0.257 e. The molecule has 4 rings (SSSR count). The van der Waals surface area contributed by atoms with E-state index < -0.39 is 12.0 Å². The second kappa shape index (κ2) is 12.5. The summed E-state index contributed by atoms with van der Waals surface area (Å²) < 4.78 is 7.16. The highest BCUT2D eigenvalue weighted by molar-refractivity contribution is 7.18. The predicted octanol–water partition coefficient (Wildman–Crippen LogP) is 4.46. The summed E-state index contributed by atoms with van der Waals surface area (Å²) in [5.74, 6) is -0.427. The Hall–Kier alpha value is -3.01. The van der Waals surface area contributed by atoms with E-state index in [4.69, 9.17) is 16.3 Å². The van der Waals surface area contributed by atoms with Crippen LogP contribution in [0, 0.1) is 0 Å². The van der Waals surface area contributed by atoms with E-state index in [9.17, 15) is 14.7 Å². The van der Waals surface area contributed by atoms with Crippen molar-refractivity contribution in [2.45, 2.75) is 25.7 Å². The van der Waals surface area contributed by atoms with Gasteiger partial charge in [-0.1, -0.05) is 54.1 Å². The van der Waals surface area contributed by atoms with Gasteiger partial charge in [0.15, 0.2) is 0 Å². The Bertz CT molecular complexity index is 1400. The van der Waals surface area contributed by atoms with Crippen molar-refractivity contribution in [3.63, 3.8) is 0 Å². The summed E-state index contributed by atoms with van der Waals surface area (Å²) in [4.78, 5) is 30.1. The molecule has 4 aromatic rings. The van der Waals surface area contributed by atoms with Crippen molar-refractivity contribution >= 4 is 39.1 Å². The topological polar surface area (TPSA) is 83.8 Å². The Morgan fingerprint density at radius 1 is 1.19 bits per heavy atom. The number of aromatic nitrogens is 1. The second-order valence-corrected chi connectivity index (χ2v) is 10.5. The van der Waals surface area contributed by atoms with Crippen LogP contribution < -0.4 is 10.7 Å². The third kappa shape index (κ3) is 6.85. The van der Waals surface area contributed by atoms with Crippen LogP contribution in [0.25, 0.3) is 10.2 Å². The molecule has 1 amide bonds. The Labute approximate surface area is 224 Å². The highest BCUT2D eigenvalue weighted by Crippen LogP contribution is 2.26. The van der Waals surface area contributed by atoms with E-state index in [-0.39, 0.29) is 17.5 Å². The number of benzene rings is 2. The molecule has 0 radical (unpaired) electrons. The number of nitrogens with zero attached hydrogens (tertiary/aromatic N) is 2. The van der Waals surface area contributed by atoms with Gasteiger partial charge in [0.25, 0.3) is 5.91 Å². The molecule has 0 bridgehead atoms. The lowest BCUT2D eigenvalue weighted by molar-refractivity contribution is 0.0949. The molecule has 2 aromatic carbocycles. The normalized spacial score (nSPS) is 12.2. The van der Waals surface area contributed by atoms with E-state index in [0.29, 0.717) is 36.7 Å². The van der Waals surface area contributed by atoms with Crippen molar-refractivity contribution in [3.8, 4) is 0 Å². The van der Waals surface area contributed by atoms with Crippen LogP contribution in [-0.4, -0.2) is 47.8 Å². The lowest BCUT2D eigenvalue weighted by Crippen LogP contribution is -2.29. The van der Waals surface area contributed by atoms with Crippen molar-refractivity contribution in [2.75, 3.05) is 27.3 Å². The van der Waals surface area contributed by atoms with Gasteiger partial charge in [-0.15, -0.1) is 11.3 Å². The minimum atomic E-state index is -0.613. The second-order valence-electron chi connectivity index (χ2n) is 8.92. The number of hydrogen-bond donors (Lipinski definition) is 2. The number of methoxy groups -OCH3 is 1. The minimum Gasteiger partial charge on any atom is -0.387 e. The molecule has 0 unspecified atom stereocenters. The van der Waals surface area contributed by atoms with Gasteiger partial charge in [0.2, 0.25) is 5.43 Å². The number of likely N-dealkylation sites (N-methyl/N-ethyl adjacent to an activating group) is 1. The minimum absolute atomic E-state index is 0.0924. The molecule has 2 N–H and O–H groups in total. The largest absolute Gasteiger partial charge is 0.387 e. The van der Waals surface area contributed by atoms with Gasteiger partial charge in [-0.2, -0.15) is 0 Å². The fraction of sp³-hybridized carbons (Fsp3) is 0.286. The first-order valence-corrected chi connectivity index (χ1v) is 13.1. The van der Waals surface area contributed by atoms with E-state index in [1.165, 1.54) is 11.3 Å². The Morgan fingerprint density at radius 3 is 2.62 bits per heavy atom. The average Bonchev–Trinajstić information content (AvgIpc) is 3.32. The van der Waals surface area contributed by atoms with Crippen LogP contribution in [0.2, 0.25) is 5.02 Å². The van der Waals surface area contributed by atoms with Gasteiger partial charge in [-0.3, -0.25) is 14.5 Å². The molecule has 7 nitrogen and oxygen atoms in total. The van der Waals surface area contributed by atoms with Crippen LogP contribution in [-0.2, 0) is 24.4 Å². The third-order valence-electron chi connectivity index (χ3n) is 6.04. The van der Waals surface area contributed by atoms with E-state index in [1.54, 1.807) is 25.4 Å². The number of hydrogen-bond acceptors (Lipinski definition) is 6. The lowest BCUT2D eigenvalue weighted by atomic mass is 10.1. The molecule has 0 aliphatic rings. The summed E-state index contributed by atoms with van der Waals surface area (Å²) >= 11 is 7.45. The maximum absolute atomic E-state index is 13.3. The number of carbonyl (C=O) groups excluding carboxylic acids is 1. The van der Waals surface area contributed by atoms with E-state index in [2.05, 4.69) is 5.32 Å². The Morgan fingerprint density at radius 2 is 1.92 bits per heavy atom. The summed E-state index contributed by atoms with van der Waals surface area (Å²) in [5, 5.41) is 14.5. The SMILES string of the molecule is COCCn1cc(C(=O)NCc2ccc(Cl)cc2)c(=O)c2cc(CN(C)C[C@H](O)c3ccccc3)sc21. The number of fused-ring (bicyclic) bond motifs is 1. The molecule has 0 aliphatic heterocycles. The van der Waals surface area contributed by atoms with Crippen molar-refractivity contribution in [1.29, 1.82) is 0 Å². The number of amides is 1. The third-order valence-corrected chi connectivity index (χ3v) is 7.45. The van der Waals surface area contributed by atoms with Crippen molar-refractivity contribution < 1.29 is 14.6 Å². The van der Waals surface area contributed by atoms with Gasteiger partial charge in [0.05, 0.1) is 18.1 Å². The molecule has 2 aromatic heterocycles. The highest BCUT2D eigenvalue weighted by atomic mass is 35.5. The number of thiophene rings is 1. The first-order chi connectivity index (χ1) is 17.9. The zero-order valence-corrected chi connectivity index (χ0v) is 22.4. The average molecular weight is 540 g/mol. The number of halogens is 1. The quantitative estimate of drug-likeness (QED) is 0.294. The van der Waals surface area contributed by atoms with Gasteiger partial charge < -0.3 is 19.7 Å². The standard InChI is InChI=1S/C28H30ClN3O4S/c1-31(18-25(33)20-6-4-3-5-7-20)16-22-14-23-26(34)24(17-32(12-13-36-2)28(23)37-22)27(35)30-15-19-8-10-21(29)11-9-19/h3-11,14,17,25,33H,12-13,15-16,18H2,1-2H3,(H,30,35)/t25-/m0/s1. The van der Waals surface area contributed by atoms with Crippen LogP contribution in [0.5, 0.6) is 0 Å². The van der Waals surface area contributed by atoms with Crippen molar-refractivity contribution in [3.05, 3.63) is 104 Å². The fourth-order valence-corrected chi connectivity index (χ4v) is 5.47. The van der Waals surface area contributed by atoms with Gasteiger partial charge in [-0.05, 0) is 36.4 Å². The van der Waals surface area contributed by atoms with Crippen LogP contribution >= 0.6 is 22.9 Å². The number of pyridine rings is 1. The predicted molar refractivity (Wildman–Crippen MR) is 148 cm³/mol. The molecule has 0 fully saturated rings. The molecule has 0 aliphatic carbocycles. The molecule has 0 saturated carbocycles. The van der Waals surface area contributed by atoms with Crippen molar-refractivity contribution in [2.24, 2.45) is 0 Å². The van der Waals surface area contributed by atoms with Gasteiger partial charge >= 0.3 is 0 Å². The maximum atomic E-state index is 13.3. The number of aliphatic hydroxyl groups is 1. The number of rotatable bonds is 11. The summed E-state index contributed by atoms with van der Waals surface area (Å²) in [6.07, 6.45) is 1.00. The van der Waals surface area contributed by atoms with Crippen LogP contribution in [0.3, 0.4) is 0 Å². The van der Waals surface area contributed by atoms with Crippen LogP contribution in [0.4, 0.5) is 0 Å². The number of carbonyl (C=O) groups is 1. The van der Waals surface area contributed by atoms with Crippen LogP contribution in [0.1, 0.15) is 32.5 Å². The molecule has 0 saturated heterocycles. The van der Waals surface area contributed by atoms with Crippen LogP contribution in [0.15, 0.2) is 71.7 Å². The first-order valence-electron chi connectivity index (χ1n) is 11.9.